The summed E-state index contributed by atoms with van der Waals surface area (Å²) in [5.74, 6) is -0.264. The molecule has 1 atom stereocenters. The van der Waals surface area contributed by atoms with Gasteiger partial charge in [0.2, 0.25) is 5.91 Å². The van der Waals surface area contributed by atoms with Crippen LogP contribution < -0.4 is 5.32 Å². The maximum absolute atomic E-state index is 13.2. The van der Waals surface area contributed by atoms with Gasteiger partial charge >= 0.3 is 0 Å². The minimum atomic E-state index is -0.198. The van der Waals surface area contributed by atoms with Crippen molar-refractivity contribution in [3.05, 3.63) is 82.9 Å². The highest BCUT2D eigenvalue weighted by Gasteiger charge is 2.30. The van der Waals surface area contributed by atoms with E-state index in [9.17, 15) is 9.59 Å². The van der Waals surface area contributed by atoms with Crippen LogP contribution in [0.4, 0.5) is 0 Å². The lowest BCUT2D eigenvalue weighted by molar-refractivity contribution is -0.126. The Balaban J connectivity index is 1.41. The molecule has 30 heavy (non-hydrogen) atoms. The zero-order valence-electron chi connectivity index (χ0n) is 16.5. The van der Waals surface area contributed by atoms with Crippen LogP contribution in [0.1, 0.15) is 28.9 Å². The van der Waals surface area contributed by atoms with Gasteiger partial charge in [0.25, 0.3) is 5.91 Å². The molecular weight excluding hydrogens is 444 g/mol. The molecule has 1 unspecified atom stereocenters. The van der Waals surface area contributed by atoms with E-state index in [4.69, 9.17) is 0 Å². The Morgan fingerprint density at radius 1 is 1.17 bits per heavy atom. The molecule has 2 aromatic heterocycles. The largest absolute Gasteiger partial charge is 0.352 e. The highest BCUT2D eigenvalue weighted by atomic mass is 79.9. The highest BCUT2D eigenvalue weighted by molar-refractivity contribution is 9.10. The predicted molar refractivity (Wildman–Crippen MR) is 118 cm³/mol. The summed E-state index contributed by atoms with van der Waals surface area (Å²) in [6, 6.07) is 15.3. The van der Waals surface area contributed by atoms with E-state index in [2.05, 4.69) is 26.2 Å². The van der Waals surface area contributed by atoms with Gasteiger partial charge in [0.1, 0.15) is 5.69 Å². The third-order valence-electron chi connectivity index (χ3n) is 5.33. The van der Waals surface area contributed by atoms with Gasteiger partial charge in [0.05, 0.1) is 17.8 Å². The Morgan fingerprint density at radius 3 is 2.87 bits per heavy atom. The smallest absolute Gasteiger partial charge is 0.270 e. The van der Waals surface area contributed by atoms with E-state index in [0.29, 0.717) is 25.3 Å². The SMILES string of the molecule is O=C(NCc1cccc(Br)c1)C1CCCN(C(=O)c2cccn2-c2cccnc2)C1. The van der Waals surface area contributed by atoms with Crippen LogP contribution in [-0.2, 0) is 11.3 Å². The van der Waals surface area contributed by atoms with Gasteiger partial charge in [-0.25, -0.2) is 0 Å². The molecule has 0 radical (unpaired) electrons. The molecule has 0 aliphatic carbocycles. The number of likely N-dealkylation sites (tertiary alicyclic amines) is 1. The minimum absolute atomic E-state index is 0.00452. The number of amides is 2. The Labute approximate surface area is 184 Å². The third-order valence-corrected chi connectivity index (χ3v) is 5.82. The number of nitrogens with zero attached hydrogens (tertiary/aromatic N) is 3. The molecule has 7 heteroatoms. The lowest BCUT2D eigenvalue weighted by Crippen LogP contribution is -2.45. The predicted octanol–water partition coefficient (Wildman–Crippen LogP) is 3.80. The first-order chi connectivity index (χ1) is 14.6. The van der Waals surface area contributed by atoms with Crippen molar-refractivity contribution in [3.8, 4) is 5.69 Å². The molecule has 3 heterocycles. The molecule has 0 saturated carbocycles. The normalized spacial score (nSPS) is 16.3. The lowest BCUT2D eigenvalue weighted by Gasteiger charge is -2.32. The Kier molecular flexibility index (Phi) is 6.28. The number of carbonyl (C=O) groups excluding carboxylic acids is 2. The van der Waals surface area contributed by atoms with Gasteiger partial charge < -0.3 is 14.8 Å². The van der Waals surface area contributed by atoms with Crippen LogP contribution in [0, 0.1) is 5.92 Å². The minimum Gasteiger partial charge on any atom is -0.352 e. The van der Waals surface area contributed by atoms with E-state index in [1.54, 1.807) is 17.3 Å². The standard InChI is InChI=1S/C23H23BrN4O2/c24-19-7-1-5-17(13-19)14-26-22(29)18-6-3-11-27(16-18)23(30)21-9-4-12-28(21)20-8-2-10-25-15-20/h1-2,4-5,7-10,12-13,15,18H,3,6,11,14,16H2,(H,26,29). The van der Waals surface area contributed by atoms with Crippen molar-refractivity contribution in [1.29, 1.82) is 0 Å². The van der Waals surface area contributed by atoms with Gasteiger partial charge in [0.15, 0.2) is 0 Å². The summed E-state index contributed by atoms with van der Waals surface area (Å²) < 4.78 is 2.83. The molecule has 154 valence electrons. The van der Waals surface area contributed by atoms with Crippen LogP contribution in [-0.4, -0.2) is 39.4 Å². The second-order valence-electron chi connectivity index (χ2n) is 7.41. The number of rotatable bonds is 5. The average Bonchev–Trinajstić information content (AvgIpc) is 3.28. The van der Waals surface area contributed by atoms with Crippen LogP contribution >= 0.6 is 15.9 Å². The number of hydrogen-bond donors (Lipinski definition) is 1. The highest BCUT2D eigenvalue weighted by Crippen LogP contribution is 2.21. The average molecular weight is 467 g/mol. The molecule has 1 fully saturated rings. The molecule has 1 saturated heterocycles. The maximum atomic E-state index is 13.2. The van der Waals surface area contributed by atoms with E-state index in [1.165, 1.54) is 0 Å². The molecule has 1 aliphatic heterocycles. The van der Waals surface area contributed by atoms with Crippen molar-refractivity contribution in [2.45, 2.75) is 19.4 Å². The summed E-state index contributed by atoms with van der Waals surface area (Å²) in [6.07, 6.45) is 6.89. The summed E-state index contributed by atoms with van der Waals surface area (Å²) in [6.45, 7) is 1.57. The zero-order chi connectivity index (χ0) is 20.9. The van der Waals surface area contributed by atoms with E-state index >= 15 is 0 Å². The van der Waals surface area contributed by atoms with Crippen molar-refractivity contribution >= 4 is 27.7 Å². The van der Waals surface area contributed by atoms with Crippen LogP contribution in [0.25, 0.3) is 5.69 Å². The molecule has 6 nitrogen and oxygen atoms in total. The molecule has 4 rings (SSSR count). The second kappa shape index (κ2) is 9.26. The number of hydrogen-bond acceptors (Lipinski definition) is 3. The number of benzene rings is 1. The van der Waals surface area contributed by atoms with Gasteiger partial charge in [-0.05, 0) is 54.8 Å². The molecule has 3 aromatic rings. The van der Waals surface area contributed by atoms with Crippen molar-refractivity contribution in [3.63, 3.8) is 0 Å². The van der Waals surface area contributed by atoms with Gasteiger partial charge in [0, 0.05) is 36.5 Å². The molecular formula is C23H23BrN4O2. The van der Waals surface area contributed by atoms with Crippen LogP contribution in [0.15, 0.2) is 71.6 Å². The second-order valence-corrected chi connectivity index (χ2v) is 8.33. The summed E-state index contributed by atoms with van der Waals surface area (Å²) >= 11 is 3.45. The summed E-state index contributed by atoms with van der Waals surface area (Å²) in [7, 11) is 0. The quantitative estimate of drug-likeness (QED) is 0.621. The monoisotopic (exact) mass is 466 g/mol. The molecule has 0 bridgehead atoms. The van der Waals surface area contributed by atoms with Gasteiger partial charge in [-0.2, -0.15) is 0 Å². The molecule has 1 aliphatic rings. The summed E-state index contributed by atoms with van der Waals surface area (Å²) in [4.78, 5) is 31.8. The van der Waals surface area contributed by atoms with Crippen LogP contribution in [0.5, 0.6) is 0 Å². The van der Waals surface area contributed by atoms with E-state index in [0.717, 1.165) is 28.6 Å². The fourth-order valence-electron chi connectivity index (χ4n) is 3.79. The van der Waals surface area contributed by atoms with Crippen molar-refractivity contribution in [2.24, 2.45) is 5.92 Å². The van der Waals surface area contributed by atoms with Gasteiger partial charge in [-0.15, -0.1) is 0 Å². The fraction of sp³-hybridized carbons (Fsp3) is 0.261. The molecule has 1 aromatic carbocycles. The first kappa shape index (κ1) is 20.3. The fourth-order valence-corrected chi connectivity index (χ4v) is 4.24. The first-order valence-corrected chi connectivity index (χ1v) is 10.8. The number of halogens is 1. The van der Waals surface area contributed by atoms with Crippen molar-refractivity contribution < 1.29 is 9.59 Å². The Hall–Kier alpha value is -2.93. The van der Waals surface area contributed by atoms with Gasteiger partial charge in [-0.1, -0.05) is 28.1 Å². The molecule has 1 N–H and O–H groups in total. The zero-order valence-corrected chi connectivity index (χ0v) is 18.1. The number of carbonyl (C=O) groups is 2. The van der Waals surface area contributed by atoms with Crippen LogP contribution in [0.2, 0.25) is 0 Å². The summed E-state index contributed by atoms with van der Waals surface area (Å²) in [5, 5.41) is 3.02. The number of pyridine rings is 1. The lowest BCUT2D eigenvalue weighted by atomic mass is 9.96. The Morgan fingerprint density at radius 2 is 2.07 bits per heavy atom. The molecule has 2 amide bonds. The number of piperidine rings is 1. The Bertz CT molecular complexity index is 1030. The van der Waals surface area contributed by atoms with Crippen molar-refractivity contribution in [2.75, 3.05) is 13.1 Å². The van der Waals surface area contributed by atoms with Crippen molar-refractivity contribution in [1.82, 2.24) is 19.8 Å². The van der Waals surface area contributed by atoms with E-state index < -0.39 is 0 Å². The number of nitrogens with one attached hydrogen (secondary N) is 1. The number of aromatic nitrogens is 2. The van der Waals surface area contributed by atoms with Crippen LogP contribution in [0.3, 0.4) is 0 Å². The third kappa shape index (κ3) is 4.62. The summed E-state index contributed by atoms with van der Waals surface area (Å²) in [5.41, 5.74) is 2.46. The maximum Gasteiger partial charge on any atom is 0.270 e. The van der Waals surface area contributed by atoms with Gasteiger partial charge in [-0.3, -0.25) is 14.6 Å². The topological polar surface area (TPSA) is 67.2 Å². The van der Waals surface area contributed by atoms with E-state index in [1.807, 2.05) is 59.3 Å². The first-order valence-electron chi connectivity index (χ1n) is 10.0. The van der Waals surface area contributed by atoms with E-state index in [-0.39, 0.29) is 17.7 Å². The molecule has 0 spiro atoms.